The first kappa shape index (κ1) is 14.3. The van der Waals surface area contributed by atoms with Crippen molar-refractivity contribution in [2.75, 3.05) is 23.8 Å². The molecule has 0 saturated carbocycles. The van der Waals surface area contributed by atoms with Crippen LogP contribution < -0.4 is 10.6 Å². The molecule has 1 rings (SSSR count). The van der Waals surface area contributed by atoms with Crippen LogP contribution in [0.15, 0.2) is 18.2 Å². The van der Waals surface area contributed by atoms with Gasteiger partial charge in [-0.05, 0) is 31.0 Å². The van der Waals surface area contributed by atoms with E-state index >= 15 is 0 Å². The van der Waals surface area contributed by atoms with Crippen molar-refractivity contribution in [3.8, 4) is 6.07 Å². The van der Waals surface area contributed by atoms with Gasteiger partial charge in [0.15, 0.2) is 0 Å². The van der Waals surface area contributed by atoms with E-state index in [-0.39, 0.29) is 6.61 Å². The molecule has 3 N–H and O–H groups in total. The molecule has 0 unspecified atom stereocenters. The summed E-state index contributed by atoms with van der Waals surface area (Å²) in [5, 5.41) is 18.2. The largest absolute Gasteiger partial charge is 0.398 e. The lowest BCUT2D eigenvalue weighted by Crippen LogP contribution is -2.36. The molecule has 98 valence electrons. The molecule has 0 amide bonds. The van der Waals surface area contributed by atoms with E-state index in [0.29, 0.717) is 23.8 Å². The number of aliphatic hydroxyl groups is 1. The van der Waals surface area contributed by atoms with Gasteiger partial charge in [-0.3, -0.25) is 0 Å². The van der Waals surface area contributed by atoms with E-state index in [4.69, 9.17) is 11.0 Å². The Morgan fingerprint density at radius 1 is 1.39 bits per heavy atom. The van der Waals surface area contributed by atoms with Gasteiger partial charge in [0.25, 0.3) is 0 Å². The summed E-state index contributed by atoms with van der Waals surface area (Å²) >= 11 is 0. The van der Waals surface area contributed by atoms with E-state index in [1.807, 2.05) is 6.07 Å². The maximum Gasteiger partial charge on any atom is 0.101 e. The SMILES string of the molecule is CCC(CC)N(CCO)c1ccc(N)c(C#N)c1. The normalized spacial score (nSPS) is 10.4. The molecule has 0 fully saturated rings. The van der Waals surface area contributed by atoms with Crippen LogP contribution in [0.2, 0.25) is 0 Å². The highest BCUT2D eigenvalue weighted by molar-refractivity contribution is 5.63. The Hall–Kier alpha value is -1.73. The summed E-state index contributed by atoms with van der Waals surface area (Å²) in [5.74, 6) is 0. The van der Waals surface area contributed by atoms with Crippen molar-refractivity contribution in [1.82, 2.24) is 0 Å². The Bertz CT molecular complexity index is 422. The summed E-state index contributed by atoms with van der Waals surface area (Å²) in [7, 11) is 0. The molecule has 18 heavy (non-hydrogen) atoms. The molecule has 0 heterocycles. The van der Waals surface area contributed by atoms with E-state index < -0.39 is 0 Å². The Kier molecular flexibility index (Phi) is 5.47. The molecule has 1 aromatic carbocycles. The zero-order valence-corrected chi connectivity index (χ0v) is 11.1. The highest BCUT2D eigenvalue weighted by atomic mass is 16.3. The van der Waals surface area contributed by atoms with Crippen LogP contribution in [0.4, 0.5) is 11.4 Å². The predicted octanol–water partition coefficient (Wildman–Crippen LogP) is 2.13. The van der Waals surface area contributed by atoms with Crippen molar-refractivity contribution in [1.29, 1.82) is 5.26 Å². The number of nitrogen functional groups attached to an aromatic ring is 1. The summed E-state index contributed by atoms with van der Waals surface area (Å²) in [6.07, 6.45) is 2.01. The molecule has 0 aliphatic carbocycles. The van der Waals surface area contributed by atoms with Crippen LogP contribution in [-0.4, -0.2) is 24.3 Å². The van der Waals surface area contributed by atoms with Gasteiger partial charge >= 0.3 is 0 Å². The predicted molar refractivity (Wildman–Crippen MR) is 74.4 cm³/mol. The molecule has 0 aliphatic rings. The summed E-state index contributed by atoms with van der Waals surface area (Å²) in [6, 6.07) is 7.91. The maximum atomic E-state index is 9.19. The lowest BCUT2D eigenvalue weighted by molar-refractivity contribution is 0.296. The molecular weight excluding hydrogens is 226 g/mol. The quantitative estimate of drug-likeness (QED) is 0.755. The van der Waals surface area contributed by atoms with Crippen LogP contribution in [-0.2, 0) is 0 Å². The fourth-order valence-corrected chi connectivity index (χ4v) is 2.18. The summed E-state index contributed by atoms with van der Waals surface area (Å²) < 4.78 is 0. The third-order valence-electron chi connectivity index (χ3n) is 3.21. The van der Waals surface area contributed by atoms with Crippen LogP contribution in [0.5, 0.6) is 0 Å². The minimum absolute atomic E-state index is 0.1000. The molecule has 4 heteroatoms. The van der Waals surface area contributed by atoms with Crippen molar-refractivity contribution in [2.45, 2.75) is 32.7 Å². The molecule has 1 aromatic rings. The molecule has 0 atom stereocenters. The lowest BCUT2D eigenvalue weighted by atomic mass is 10.1. The molecule has 4 nitrogen and oxygen atoms in total. The van der Waals surface area contributed by atoms with Crippen molar-refractivity contribution < 1.29 is 5.11 Å². The van der Waals surface area contributed by atoms with E-state index in [0.717, 1.165) is 18.5 Å². The first-order chi connectivity index (χ1) is 8.67. The highest BCUT2D eigenvalue weighted by Gasteiger charge is 2.16. The smallest absolute Gasteiger partial charge is 0.101 e. The monoisotopic (exact) mass is 247 g/mol. The van der Waals surface area contributed by atoms with Gasteiger partial charge in [-0.25, -0.2) is 0 Å². The summed E-state index contributed by atoms with van der Waals surface area (Å²) in [6.45, 7) is 4.92. The zero-order chi connectivity index (χ0) is 13.5. The van der Waals surface area contributed by atoms with Crippen LogP contribution >= 0.6 is 0 Å². The first-order valence-electron chi connectivity index (χ1n) is 6.35. The topological polar surface area (TPSA) is 73.3 Å². The third-order valence-corrected chi connectivity index (χ3v) is 3.21. The molecule has 0 aromatic heterocycles. The van der Waals surface area contributed by atoms with Crippen LogP contribution in [0.25, 0.3) is 0 Å². The number of aliphatic hydroxyl groups excluding tert-OH is 1. The van der Waals surface area contributed by atoms with E-state index in [2.05, 4.69) is 24.8 Å². The number of benzene rings is 1. The lowest BCUT2D eigenvalue weighted by Gasteiger charge is -2.32. The zero-order valence-electron chi connectivity index (χ0n) is 11.1. The number of rotatable bonds is 6. The number of nitrogens with two attached hydrogens (primary N) is 1. The van der Waals surface area contributed by atoms with Crippen molar-refractivity contribution in [3.63, 3.8) is 0 Å². The van der Waals surface area contributed by atoms with Crippen LogP contribution in [0.3, 0.4) is 0 Å². The first-order valence-corrected chi connectivity index (χ1v) is 6.35. The second kappa shape index (κ2) is 6.87. The minimum Gasteiger partial charge on any atom is -0.398 e. The average molecular weight is 247 g/mol. The van der Waals surface area contributed by atoms with Crippen LogP contribution in [0, 0.1) is 11.3 Å². The van der Waals surface area contributed by atoms with Crippen molar-refractivity contribution in [3.05, 3.63) is 23.8 Å². The van der Waals surface area contributed by atoms with Gasteiger partial charge in [0, 0.05) is 24.0 Å². The summed E-state index contributed by atoms with van der Waals surface area (Å²) in [4.78, 5) is 2.14. The van der Waals surface area contributed by atoms with E-state index in [1.54, 1.807) is 12.1 Å². The van der Waals surface area contributed by atoms with Gasteiger partial charge in [0.05, 0.1) is 12.2 Å². The van der Waals surface area contributed by atoms with E-state index in [1.165, 1.54) is 0 Å². The fourth-order valence-electron chi connectivity index (χ4n) is 2.18. The van der Waals surface area contributed by atoms with Gasteiger partial charge in [-0.15, -0.1) is 0 Å². The number of nitrogens with zero attached hydrogens (tertiary/aromatic N) is 2. The Morgan fingerprint density at radius 2 is 2.06 bits per heavy atom. The Morgan fingerprint density at radius 3 is 2.56 bits per heavy atom. The average Bonchev–Trinajstić information content (AvgIpc) is 2.40. The van der Waals surface area contributed by atoms with Gasteiger partial charge in [-0.1, -0.05) is 13.8 Å². The number of hydrogen-bond acceptors (Lipinski definition) is 4. The standard InChI is InChI=1S/C14H21N3O/c1-3-12(4-2)17(7-8-18)13-5-6-14(16)11(9-13)10-15/h5-6,9,12,18H,3-4,7-8,16H2,1-2H3. The molecular formula is C14H21N3O. The number of nitriles is 1. The molecule has 0 spiro atoms. The molecule has 0 aliphatic heterocycles. The molecule has 0 radical (unpaired) electrons. The minimum atomic E-state index is 0.1000. The van der Waals surface area contributed by atoms with Gasteiger partial charge in [0.2, 0.25) is 0 Å². The van der Waals surface area contributed by atoms with Gasteiger partial charge in [-0.2, -0.15) is 5.26 Å². The molecule has 0 bridgehead atoms. The van der Waals surface area contributed by atoms with Gasteiger partial charge in [0.1, 0.15) is 6.07 Å². The van der Waals surface area contributed by atoms with E-state index in [9.17, 15) is 5.11 Å². The Labute approximate surface area is 109 Å². The second-order valence-corrected chi connectivity index (χ2v) is 4.27. The van der Waals surface area contributed by atoms with Crippen LogP contribution in [0.1, 0.15) is 32.3 Å². The van der Waals surface area contributed by atoms with Crippen molar-refractivity contribution in [2.24, 2.45) is 0 Å². The summed E-state index contributed by atoms with van der Waals surface area (Å²) in [5.41, 5.74) is 7.65. The number of hydrogen-bond donors (Lipinski definition) is 2. The maximum absolute atomic E-state index is 9.19. The second-order valence-electron chi connectivity index (χ2n) is 4.27. The fraction of sp³-hybridized carbons (Fsp3) is 0.500. The number of anilines is 2. The highest BCUT2D eigenvalue weighted by Crippen LogP contribution is 2.24. The third kappa shape index (κ3) is 3.14. The van der Waals surface area contributed by atoms with Crippen molar-refractivity contribution >= 4 is 11.4 Å². The Balaban J connectivity index is 3.09. The van der Waals surface area contributed by atoms with Gasteiger partial charge < -0.3 is 15.7 Å². The molecule has 0 saturated heterocycles.